The molecular weight excluding hydrogens is 344 g/mol. The summed E-state index contributed by atoms with van der Waals surface area (Å²) in [5.74, 6) is 0.370. The van der Waals surface area contributed by atoms with Crippen molar-refractivity contribution in [3.05, 3.63) is 54.0 Å². The highest BCUT2D eigenvalue weighted by Crippen LogP contribution is 2.31. The number of rotatable bonds is 3. The lowest BCUT2D eigenvalue weighted by Crippen LogP contribution is -2.39. The van der Waals surface area contributed by atoms with E-state index in [0.29, 0.717) is 18.0 Å². The van der Waals surface area contributed by atoms with Gasteiger partial charge in [-0.3, -0.25) is 9.69 Å². The molecule has 1 aliphatic heterocycles. The summed E-state index contributed by atoms with van der Waals surface area (Å²) in [6.07, 6.45) is 5.94. The van der Waals surface area contributed by atoms with Crippen LogP contribution in [0.4, 0.5) is 16.2 Å². The van der Waals surface area contributed by atoms with Crippen LogP contribution in [0.15, 0.2) is 47.1 Å². The normalized spacial score (nSPS) is 14.1. The van der Waals surface area contributed by atoms with Crippen LogP contribution in [0.5, 0.6) is 0 Å². The number of ether oxygens (including phenoxy) is 1. The number of furan rings is 1. The van der Waals surface area contributed by atoms with Crippen molar-refractivity contribution in [1.29, 1.82) is 0 Å². The number of hydrogen-bond donors (Lipinski definition) is 1. The molecule has 142 valence electrons. The van der Waals surface area contributed by atoms with Gasteiger partial charge >= 0.3 is 6.09 Å². The largest absolute Gasteiger partial charge is 0.465 e. The highest BCUT2D eigenvalue weighted by molar-refractivity contribution is 6.02. The number of nitrogens with zero attached hydrogens (tertiary/aromatic N) is 1. The summed E-state index contributed by atoms with van der Waals surface area (Å²) in [6, 6.07) is 9.08. The van der Waals surface area contributed by atoms with Crippen LogP contribution in [0.2, 0.25) is 0 Å². The molecule has 0 fully saturated rings. The fourth-order valence-electron chi connectivity index (χ4n) is 2.91. The molecule has 3 rings (SSSR count). The number of fused-ring (bicyclic) bond motifs is 1. The van der Waals surface area contributed by atoms with Crippen LogP contribution in [0.1, 0.15) is 38.5 Å². The molecule has 0 bridgehead atoms. The molecule has 0 radical (unpaired) electrons. The Labute approximate surface area is 158 Å². The van der Waals surface area contributed by atoms with E-state index in [1.807, 2.05) is 32.9 Å². The van der Waals surface area contributed by atoms with Crippen LogP contribution in [-0.2, 0) is 16.0 Å². The second-order valence-corrected chi connectivity index (χ2v) is 7.42. The molecule has 0 spiro atoms. The molecule has 0 aliphatic carbocycles. The third-order valence-electron chi connectivity index (χ3n) is 4.02. The second kappa shape index (κ2) is 7.70. The van der Waals surface area contributed by atoms with E-state index in [4.69, 9.17) is 9.15 Å². The maximum Gasteiger partial charge on any atom is 0.414 e. The van der Waals surface area contributed by atoms with Crippen molar-refractivity contribution in [2.75, 3.05) is 16.8 Å². The van der Waals surface area contributed by atoms with Crippen LogP contribution < -0.4 is 10.2 Å². The molecule has 27 heavy (non-hydrogen) atoms. The number of amides is 2. The smallest absolute Gasteiger partial charge is 0.414 e. The van der Waals surface area contributed by atoms with Crippen LogP contribution in [0.25, 0.3) is 6.08 Å². The number of anilines is 2. The molecule has 6 nitrogen and oxygen atoms in total. The first-order valence-electron chi connectivity index (χ1n) is 8.98. The van der Waals surface area contributed by atoms with E-state index in [9.17, 15) is 9.59 Å². The molecule has 1 aromatic heterocycles. The first-order valence-corrected chi connectivity index (χ1v) is 8.98. The topological polar surface area (TPSA) is 71.8 Å². The van der Waals surface area contributed by atoms with E-state index in [1.54, 1.807) is 35.4 Å². The fourth-order valence-corrected chi connectivity index (χ4v) is 2.91. The van der Waals surface area contributed by atoms with E-state index in [0.717, 1.165) is 24.1 Å². The summed E-state index contributed by atoms with van der Waals surface area (Å²) in [5.41, 5.74) is 2.00. The maximum atomic E-state index is 12.5. The lowest BCUT2D eigenvalue weighted by molar-refractivity contribution is -0.111. The predicted molar refractivity (Wildman–Crippen MR) is 105 cm³/mol. The Kier molecular flexibility index (Phi) is 5.35. The van der Waals surface area contributed by atoms with Gasteiger partial charge in [-0.2, -0.15) is 0 Å². The zero-order chi connectivity index (χ0) is 19.4. The van der Waals surface area contributed by atoms with Gasteiger partial charge < -0.3 is 14.5 Å². The van der Waals surface area contributed by atoms with Gasteiger partial charge in [-0.25, -0.2) is 4.79 Å². The molecule has 1 aliphatic rings. The zero-order valence-electron chi connectivity index (χ0n) is 15.8. The number of hydrogen-bond acceptors (Lipinski definition) is 4. The predicted octanol–water partition coefficient (Wildman–Crippen LogP) is 4.62. The van der Waals surface area contributed by atoms with Crippen molar-refractivity contribution < 1.29 is 18.7 Å². The third kappa shape index (κ3) is 5.00. The molecule has 6 heteroatoms. The van der Waals surface area contributed by atoms with Crippen LogP contribution in [0.3, 0.4) is 0 Å². The quantitative estimate of drug-likeness (QED) is 0.803. The van der Waals surface area contributed by atoms with Crippen LogP contribution >= 0.6 is 0 Å². The Morgan fingerprint density at radius 2 is 2.07 bits per heavy atom. The van der Waals surface area contributed by atoms with E-state index in [-0.39, 0.29) is 12.0 Å². The van der Waals surface area contributed by atoms with Gasteiger partial charge in [0.25, 0.3) is 0 Å². The van der Waals surface area contributed by atoms with Gasteiger partial charge in [-0.15, -0.1) is 0 Å². The van der Waals surface area contributed by atoms with Crippen LogP contribution in [0, 0.1) is 0 Å². The standard InChI is InChI=1S/C21H24N2O4/c1-21(2,3)27-20(25)23-12-4-6-15-14-16(8-10-18(15)23)22-19(24)11-9-17-7-5-13-26-17/h5,7-11,13-14H,4,6,12H2,1-3H3,(H,22,24)/b11-9+. The van der Waals surface area contributed by atoms with Gasteiger partial charge in [0.15, 0.2) is 0 Å². The van der Waals surface area contributed by atoms with Crippen molar-refractivity contribution in [1.82, 2.24) is 0 Å². The molecule has 2 heterocycles. The fraction of sp³-hybridized carbons (Fsp3) is 0.333. The average molecular weight is 368 g/mol. The molecule has 0 saturated heterocycles. The third-order valence-corrected chi connectivity index (χ3v) is 4.02. The number of aryl methyl sites for hydroxylation is 1. The zero-order valence-corrected chi connectivity index (χ0v) is 15.8. The Bertz CT molecular complexity index is 848. The van der Waals surface area contributed by atoms with Gasteiger partial charge in [-0.05, 0) is 75.6 Å². The molecule has 0 saturated carbocycles. The second-order valence-electron chi connectivity index (χ2n) is 7.42. The van der Waals surface area contributed by atoms with Crippen molar-refractivity contribution in [2.24, 2.45) is 0 Å². The summed E-state index contributed by atoms with van der Waals surface area (Å²) in [5, 5.41) is 2.83. The van der Waals surface area contributed by atoms with Crippen molar-refractivity contribution in [3.8, 4) is 0 Å². The molecule has 0 unspecified atom stereocenters. The number of nitrogens with one attached hydrogen (secondary N) is 1. The highest BCUT2D eigenvalue weighted by atomic mass is 16.6. The van der Waals surface area contributed by atoms with Gasteiger partial charge in [0.1, 0.15) is 11.4 Å². The van der Waals surface area contributed by atoms with Gasteiger partial charge in [-0.1, -0.05) is 0 Å². The Morgan fingerprint density at radius 1 is 1.26 bits per heavy atom. The first-order chi connectivity index (χ1) is 12.8. The van der Waals surface area contributed by atoms with Crippen molar-refractivity contribution in [2.45, 2.75) is 39.2 Å². The minimum atomic E-state index is -0.539. The summed E-state index contributed by atoms with van der Waals surface area (Å²) in [7, 11) is 0. The summed E-state index contributed by atoms with van der Waals surface area (Å²) < 4.78 is 10.7. The maximum absolute atomic E-state index is 12.5. The highest BCUT2D eigenvalue weighted by Gasteiger charge is 2.27. The van der Waals surface area contributed by atoms with E-state index in [1.165, 1.54) is 6.08 Å². The van der Waals surface area contributed by atoms with Crippen molar-refractivity contribution >= 4 is 29.5 Å². The van der Waals surface area contributed by atoms with Gasteiger partial charge in [0.05, 0.1) is 12.0 Å². The molecule has 0 atom stereocenters. The van der Waals surface area contributed by atoms with Crippen LogP contribution in [-0.4, -0.2) is 24.1 Å². The summed E-state index contributed by atoms with van der Waals surface area (Å²) in [4.78, 5) is 26.2. The minimum Gasteiger partial charge on any atom is -0.465 e. The lowest BCUT2D eigenvalue weighted by atomic mass is 10.0. The number of carbonyl (C=O) groups is 2. The number of carbonyl (C=O) groups excluding carboxylic acids is 2. The molecule has 2 aromatic rings. The van der Waals surface area contributed by atoms with Crippen molar-refractivity contribution in [3.63, 3.8) is 0 Å². The number of benzene rings is 1. The van der Waals surface area contributed by atoms with E-state index in [2.05, 4.69) is 5.32 Å². The Morgan fingerprint density at radius 3 is 2.78 bits per heavy atom. The lowest BCUT2D eigenvalue weighted by Gasteiger charge is -2.32. The molecule has 1 aromatic carbocycles. The average Bonchev–Trinajstić information content (AvgIpc) is 3.11. The SMILES string of the molecule is CC(C)(C)OC(=O)N1CCCc2cc(NC(=O)/C=C/c3ccco3)ccc21. The monoisotopic (exact) mass is 368 g/mol. The molecule has 1 N–H and O–H groups in total. The summed E-state index contributed by atoms with van der Waals surface area (Å²) >= 11 is 0. The Hall–Kier alpha value is -3.02. The molecular formula is C21H24N2O4. The summed E-state index contributed by atoms with van der Waals surface area (Å²) in [6.45, 7) is 6.18. The minimum absolute atomic E-state index is 0.244. The van der Waals surface area contributed by atoms with E-state index < -0.39 is 5.60 Å². The molecule has 2 amide bonds. The van der Waals surface area contributed by atoms with Gasteiger partial charge in [0.2, 0.25) is 5.91 Å². The Balaban J connectivity index is 1.70. The first kappa shape index (κ1) is 18.8. The van der Waals surface area contributed by atoms with E-state index >= 15 is 0 Å². The van der Waals surface area contributed by atoms with Gasteiger partial charge in [0, 0.05) is 18.3 Å².